The van der Waals surface area contributed by atoms with Gasteiger partial charge in [-0.25, -0.2) is 4.79 Å². The molecule has 0 saturated carbocycles. The number of benzene rings is 2. The standard InChI is InChI=1S/C22H25N3O4/c1-28-17-8-9-18(19(14-17)29-2)23-21(27)24-12-10-22(11-13-24)15-25(20(22)26)16-6-4-3-5-7-16/h3-9,14H,10-13,15H2,1-2H3,(H,23,27). The van der Waals surface area contributed by atoms with E-state index in [4.69, 9.17) is 9.47 Å². The molecule has 0 radical (unpaired) electrons. The second kappa shape index (κ2) is 7.66. The molecule has 2 aromatic carbocycles. The van der Waals surface area contributed by atoms with E-state index in [0.717, 1.165) is 12.2 Å². The molecular weight excluding hydrogens is 370 g/mol. The minimum Gasteiger partial charge on any atom is -0.497 e. The third-order valence-electron chi connectivity index (χ3n) is 5.89. The third kappa shape index (κ3) is 3.48. The normalized spacial score (nSPS) is 17.7. The summed E-state index contributed by atoms with van der Waals surface area (Å²) in [4.78, 5) is 29.1. The van der Waals surface area contributed by atoms with Crippen LogP contribution in [-0.4, -0.2) is 50.7 Å². The number of hydrogen-bond donors (Lipinski definition) is 1. The number of rotatable bonds is 4. The first-order valence-corrected chi connectivity index (χ1v) is 9.71. The molecule has 0 aromatic heterocycles. The fourth-order valence-electron chi connectivity index (χ4n) is 4.06. The summed E-state index contributed by atoms with van der Waals surface area (Å²) in [5.74, 6) is 1.37. The number of amides is 3. The van der Waals surface area contributed by atoms with Crippen molar-refractivity contribution < 1.29 is 19.1 Å². The smallest absolute Gasteiger partial charge is 0.321 e. The second-order valence-electron chi connectivity index (χ2n) is 7.49. The van der Waals surface area contributed by atoms with E-state index < -0.39 is 0 Å². The van der Waals surface area contributed by atoms with Gasteiger partial charge in [-0.3, -0.25) is 4.79 Å². The fourth-order valence-corrected chi connectivity index (χ4v) is 4.06. The van der Waals surface area contributed by atoms with Crippen LogP contribution in [0.5, 0.6) is 11.5 Å². The summed E-state index contributed by atoms with van der Waals surface area (Å²) in [5, 5.41) is 2.90. The highest BCUT2D eigenvalue weighted by atomic mass is 16.5. The van der Waals surface area contributed by atoms with Gasteiger partial charge in [0.25, 0.3) is 0 Å². The molecule has 2 aliphatic rings. The summed E-state index contributed by atoms with van der Waals surface area (Å²) in [6, 6.07) is 14.8. The van der Waals surface area contributed by atoms with Gasteiger partial charge in [0.1, 0.15) is 11.5 Å². The number of urea groups is 1. The van der Waals surface area contributed by atoms with Crippen molar-refractivity contribution in [3.05, 3.63) is 48.5 Å². The molecule has 2 fully saturated rings. The first kappa shape index (κ1) is 19.1. The zero-order chi connectivity index (χ0) is 20.4. The van der Waals surface area contributed by atoms with Crippen molar-refractivity contribution in [2.45, 2.75) is 12.8 Å². The van der Waals surface area contributed by atoms with Crippen LogP contribution >= 0.6 is 0 Å². The molecule has 3 amide bonds. The summed E-state index contributed by atoms with van der Waals surface area (Å²) in [6.45, 7) is 1.83. The fraction of sp³-hybridized carbons (Fsp3) is 0.364. The molecule has 1 spiro atoms. The van der Waals surface area contributed by atoms with Crippen LogP contribution < -0.4 is 19.7 Å². The molecule has 2 aliphatic heterocycles. The number of likely N-dealkylation sites (tertiary alicyclic amines) is 1. The molecule has 0 unspecified atom stereocenters. The Morgan fingerprint density at radius 3 is 2.38 bits per heavy atom. The molecule has 4 rings (SSSR count). The van der Waals surface area contributed by atoms with E-state index in [-0.39, 0.29) is 17.4 Å². The number of β-lactam (4-membered cyclic amide) rings is 1. The van der Waals surface area contributed by atoms with E-state index >= 15 is 0 Å². The number of anilines is 2. The van der Waals surface area contributed by atoms with Crippen molar-refractivity contribution in [3.8, 4) is 11.5 Å². The predicted molar refractivity (Wildman–Crippen MR) is 111 cm³/mol. The summed E-state index contributed by atoms with van der Waals surface area (Å²) in [6.07, 6.45) is 1.37. The maximum Gasteiger partial charge on any atom is 0.321 e. The van der Waals surface area contributed by atoms with E-state index in [1.54, 1.807) is 37.3 Å². The summed E-state index contributed by atoms with van der Waals surface area (Å²) < 4.78 is 10.5. The van der Waals surface area contributed by atoms with E-state index in [2.05, 4.69) is 5.32 Å². The first-order chi connectivity index (χ1) is 14.1. The highest BCUT2D eigenvalue weighted by Crippen LogP contribution is 2.44. The number of methoxy groups -OCH3 is 2. The van der Waals surface area contributed by atoms with Crippen LogP contribution in [0.4, 0.5) is 16.2 Å². The van der Waals surface area contributed by atoms with Crippen LogP contribution in [0.1, 0.15) is 12.8 Å². The van der Waals surface area contributed by atoms with Gasteiger partial charge in [0.05, 0.1) is 25.3 Å². The molecule has 0 aliphatic carbocycles. The molecule has 2 heterocycles. The van der Waals surface area contributed by atoms with Crippen LogP contribution in [0.15, 0.2) is 48.5 Å². The van der Waals surface area contributed by atoms with Gasteiger partial charge in [-0.1, -0.05) is 18.2 Å². The Balaban J connectivity index is 1.36. The van der Waals surface area contributed by atoms with Crippen molar-refractivity contribution in [2.24, 2.45) is 5.41 Å². The molecular formula is C22H25N3O4. The van der Waals surface area contributed by atoms with Crippen molar-refractivity contribution in [1.82, 2.24) is 4.90 Å². The van der Waals surface area contributed by atoms with Gasteiger partial charge in [-0.15, -0.1) is 0 Å². The SMILES string of the molecule is COc1ccc(NC(=O)N2CCC3(CC2)CN(c2ccccc2)C3=O)c(OC)c1. The molecule has 152 valence electrons. The van der Waals surface area contributed by atoms with Gasteiger partial charge in [-0.2, -0.15) is 0 Å². The van der Waals surface area contributed by atoms with Gasteiger partial charge in [-0.05, 0) is 37.1 Å². The molecule has 7 heteroatoms. The Kier molecular flexibility index (Phi) is 5.05. The average Bonchev–Trinajstić information content (AvgIpc) is 2.78. The summed E-state index contributed by atoms with van der Waals surface area (Å²) in [5.41, 5.74) is 1.20. The first-order valence-electron chi connectivity index (χ1n) is 9.71. The van der Waals surface area contributed by atoms with Crippen molar-refractivity contribution in [3.63, 3.8) is 0 Å². The Morgan fingerprint density at radius 2 is 1.76 bits per heavy atom. The van der Waals surface area contributed by atoms with E-state index in [9.17, 15) is 9.59 Å². The van der Waals surface area contributed by atoms with Crippen molar-refractivity contribution >= 4 is 23.3 Å². The number of nitrogens with zero attached hydrogens (tertiary/aromatic N) is 2. The Hall–Kier alpha value is -3.22. The quantitative estimate of drug-likeness (QED) is 0.806. The van der Waals surface area contributed by atoms with Crippen molar-refractivity contribution in [1.29, 1.82) is 0 Å². The minimum atomic E-state index is -0.329. The van der Waals surface area contributed by atoms with Crippen molar-refractivity contribution in [2.75, 3.05) is 44.1 Å². The second-order valence-corrected chi connectivity index (χ2v) is 7.49. The monoisotopic (exact) mass is 395 g/mol. The number of nitrogens with one attached hydrogen (secondary N) is 1. The Morgan fingerprint density at radius 1 is 1.03 bits per heavy atom. The number of para-hydroxylation sites is 1. The molecule has 0 atom stereocenters. The van der Waals surface area contributed by atoms with Gasteiger partial charge in [0.2, 0.25) is 5.91 Å². The minimum absolute atomic E-state index is 0.167. The van der Waals surface area contributed by atoms with Crippen LogP contribution in [-0.2, 0) is 4.79 Å². The van der Waals surface area contributed by atoms with E-state index in [0.29, 0.717) is 43.1 Å². The molecule has 2 aromatic rings. The van der Waals surface area contributed by atoms with Gasteiger partial charge >= 0.3 is 6.03 Å². The van der Waals surface area contributed by atoms with Gasteiger partial charge in [0, 0.05) is 31.4 Å². The average molecular weight is 395 g/mol. The topological polar surface area (TPSA) is 71.1 Å². The number of ether oxygens (including phenoxy) is 2. The molecule has 2 saturated heterocycles. The lowest BCUT2D eigenvalue weighted by Crippen LogP contribution is -2.65. The van der Waals surface area contributed by atoms with Gasteiger partial charge in [0.15, 0.2) is 0 Å². The lowest BCUT2D eigenvalue weighted by Gasteiger charge is -2.52. The largest absolute Gasteiger partial charge is 0.497 e. The number of hydrogen-bond acceptors (Lipinski definition) is 4. The zero-order valence-corrected chi connectivity index (χ0v) is 16.7. The van der Waals surface area contributed by atoms with E-state index in [1.165, 1.54) is 0 Å². The van der Waals surface area contributed by atoms with Crippen LogP contribution in [0.25, 0.3) is 0 Å². The predicted octanol–water partition coefficient (Wildman–Crippen LogP) is 3.36. The maximum atomic E-state index is 12.8. The van der Waals surface area contributed by atoms with Crippen LogP contribution in [0, 0.1) is 5.41 Å². The number of carbonyl (C=O) groups is 2. The molecule has 0 bridgehead atoms. The maximum absolute atomic E-state index is 12.8. The molecule has 7 nitrogen and oxygen atoms in total. The van der Waals surface area contributed by atoms with E-state index in [1.807, 2.05) is 35.2 Å². The van der Waals surface area contributed by atoms with Crippen LogP contribution in [0.3, 0.4) is 0 Å². The Bertz CT molecular complexity index is 908. The molecule has 1 N–H and O–H groups in total. The number of piperidine rings is 1. The lowest BCUT2D eigenvalue weighted by atomic mass is 9.71. The number of carbonyl (C=O) groups excluding carboxylic acids is 2. The third-order valence-corrected chi connectivity index (χ3v) is 5.89. The zero-order valence-electron chi connectivity index (χ0n) is 16.7. The van der Waals surface area contributed by atoms with Gasteiger partial charge < -0.3 is 24.6 Å². The van der Waals surface area contributed by atoms with Crippen LogP contribution in [0.2, 0.25) is 0 Å². The Labute approximate surface area is 170 Å². The summed E-state index contributed by atoms with van der Waals surface area (Å²) >= 11 is 0. The molecule has 29 heavy (non-hydrogen) atoms. The highest BCUT2D eigenvalue weighted by molar-refractivity contribution is 6.04. The lowest BCUT2D eigenvalue weighted by molar-refractivity contribution is -0.138. The highest BCUT2D eigenvalue weighted by Gasteiger charge is 2.53. The summed E-state index contributed by atoms with van der Waals surface area (Å²) in [7, 11) is 3.13.